The Balaban J connectivity index is 1.39. The molecular formula is C18H25FN4O. The largest absolute Gasteiger partial charge is 0.370 e. The van der Waals surface area contributed by atoms with Gasteiger partial charge >= 0.3 is 0 Å². The number of fused-ring (bicyclic) bond motifs is 1. The summed E-state index contributed by atoms with van der Waals surface area (Å²) in [6.07, 6.45) is 4.46. The van der Waals surface area contributed by atoms with Crippen molar-refractivity contribution in [3.8, 4) is 0 Å². The Morgan fingerprint density at radius 3 is 2.67 bits per heavy atom. The normalized spacial score (nSPS) is 30.3. The van der Waals surface area contributed by atoms with Crippen LogP contribution in [0.15, 0.2) is 24.3 Å². The van der Waals surface area contributed by atoms with Crippen LogP contribution >= 0.6 is 0 Å². The fourth-order valence-electron chi connectivity index (χ4n) is 4.36. The Morgan fingerprint density at radius 2 is 1.83 bits per heavy atom. The SMILES string of the molecule is O=C(C1NNC2CCCC21)N1CCCN(c2ccc(F)cc2)CC1. The molecule has 1 aliphatic carbocycles. The first-order valence-electron chi connectivity index (χ1n) is 9.03. The molecule has 1 amide bonds. The molecular weight excluding hydrogens is 307 g/mol. The number of hydrogen-bond donors (Lipinski definition) is 2. The first kappa shape index (κ1) is 15.8. The topological polar surface area (TPSA) is 47.6 Å². The van der Waals surface area contributed by atoms with Gasteiger partial charge in [-0.1, -0.05) is 6.42 Å². The lowest BCUT2D eigenvalue weighted by atomic mass is 9.96. The Bertz CT molecular complexity index is 593. The van der Waals surface area contributed by atoms with Crippen molar-refractivity contribution in [2.45, 2.75) is 37.8 Å². The number of benzene rings is 1. The van der Waals surface area contributed by atoms with Crippen LogP contribution < -0.4 is 15.8 Å². The maximum absolute atomic E-state index is 13.1. The van der Waals surface area contributed by atoms with E-state index in [2.05, 4.69) is 15.8 Å². The van der Waals surface area contributed by atoms with Crippen molar-refractivity contribution in [1.82, 2.24) is 15.8 Å². The number of nitrogens with one attached hydrogen (secondary N) is 2. The maximum Gasteiger partial charge on any atom is 0.241 e. The number of rotatable bonds is 2. The van der Waals surface area contributed by atoms with Gasteiger partial charge in [0.25, 0.3) is 0 Å². The van der Waals surface area contributed by atoms with E-state index >= 15 is 0 Å². The van der Waals surface area contributed by atoms with E-state index in [0.717, 1.165) is 44.7 Å². The summed E-state index contributed by atoms with van der Waals surface area (Å²) in [5.41, 5.74) is 7.56. The van der Waals surface area contributed by atoms with Gasteiger partial charge in [-0.05, 0) is 43.5 Å². The summed E-state index contributed by atoms with van der Waals surface area (Å²) in [5.74, 6) is 0.461. The van der Waals surface area contributed by atoms with Gasteiger partial charge in [0.05, 0.1) is 0 Å². The predicted molar refractivity (Wildman–Crippen MR) is 91.0 cm³/mol. The van der Waals surface area contributed by atoms with Gasteiger partial charge in [0.15, 0.2) is 0 Å². The van der Waals surface area contributed by atoms with Crippen LogP contribution in [0.3, 0.4) is 0 Å². The minimum absolute atomic E-state index is 0.0742. The first-order chi connectivity index (χ1) is 11.7. The highest BCUT2D eigenvalue weighted by molar-refractivity contribution is 5.83. The number of hydrazine groups is 1. The lowest BCUT2D eigenvalue weighted by molar-refractivity contribution is -0.133. The van der Waals surface area contributed by atoms with Crippen LogP contribution in [0.2, 0.25) is 0 Å². The van der Waals surface area contributed by atoms with Crippen LogP contribution in [0, 0.1) is 11.7 Å². The average Bonchev–Trinajstić information content (AvgIpc) is 3.11. The summed E-state index contributed by atoms with van der Waals surface area (Å²) < 4.78 is 13.1. The minimum atomic E-state index is -0.212. The standard InChI is InChI=1S/C18H25FN4O/c19-13-5-7-14(8-6-13)22-9-2-10-23(12-11-22)18(24)17-15-3-1-4-16(15)20-21-17/h5-8,15-17,20-21H,1-4,9-12H2. The molecule has 1 aromatic carbocycles. The van der Waals surface area contributed by atoms with Crippen molar-refractivity contribution in [3.63, 3.8) is 0 Å². The number of hydrogen-bond acceptors (Lipinski definition) is 4. The van der Waals surface area contributed by atoms with Crippen LogP contribution in [0.25, 0.3) is 0 Å². The molecule has 0 bridgehead atoms. The van der Waals surface area contributed by atoms with Crippen molar-refractivity contribution < 1.29 is 9.18 Å². The van der Waals surface area contributed by atoms with Gasteiger partial charge in [0.1, 0.15) is 11.9 Å². The molecule has 0 spiro atoms. The third-order valence-corrected chi connectivity index (χ3v) is 5.69. The molecule has 2 heterocycles. The lowest BCUT2D eigenvalue weighted by Gasteiger charge is -2.27. The number of carbonyl (C=O) groups excluding carboxylic acids is 1. The molecule has 6 heteroatoms. The zero-order valence-electron chi connectivity index (χ0n) is 13.9. The van der Waals surface area contributed by atoms with E-state index in [1.54, 1.807) is 0 Å². The van der Waals surface area contributed by atoms with E-state index in [1.807, 2.05) is 17.0 Å². The zero-order valence-corrected chi connectivity index (χ0v) is 13.9. The third kappa shape index (κ3) is 3.00. The Morgan fingerprint density at radius 1 is 1.00 bits per heavy atom. The average molecular weight is 332 g/mol. The molecule has 24 heavy (non-hydrogen) atoms. The molecule has 0 radical (unpaired) electrons. The smallest absolute Gasteiger partial charge is 0.241 e. The molecule has 3 aliphatic rings. The quantitative estimate of drug-likeness (QED) is 0.862. The Hall–Kier alpha value is -1.66. The highest BCUT2D eigenvalue weighted by Gasteiger charge is 2.44. The lowest BCUT2D eigenvalue weighted by Crippen LogP contribution is -2.48. The Kier molecular flexibility index (Phi) is 4.41. The molecule has 2 aliphatic heterocycles. The van der Waals surface area contributed by atoms with E-state index in [1.165, 1.54) is 25.0 Å². The number of carbonyl (C=O) groups is 1. The highest BCUT2D eigenvalue weighted by atomic mass is 19.1. The molecule has 3 fully saturated rings. The van der Waals surface area contributed by atoms with E-state index < -0.39 is 0 Å². The van der Waals surface area contributed by atoms with Crippen molar-refractivity contribution >= 4 is 11.6 Å². The summed E-state index contributed by atoms with van der Waals surface area (Å²) in [5, 5.41) is 0. The van der Waals surface area contributed by atoms with Crippen molar-refractivity contribution in [2.75, 3.05) is 31.1 Å². The van der Waals surface area contributed by atoms with Crippen LogP contribution in [0.4, 0.5) is 10.1 Å². The molecule has 4 rings (SSSR count). The molecule has 2 N–H and O–H groups in total. The van der Waals surface area contributed by atoms with E-state index in [4.69, 9.17) is 0 Å². The first-order valence-corrected chi connectivity index (χ1v) is 9.03. The predicted octanol–water partition coefficient (Wildman–Crippen LogP) is 1.51. The van der Waals surface area contributed by atoms with Crippen LogP contribution in [0.1, 0.15) is 25.7 Å². The Labute approximate surface area is 142 Å². The van der Waals surface area contributed by atoms with Gasteiger partial charge in [-0.15, -0.1) is 0 Å². The second kappa shape index (κ2) is 6.69. The second-order valence-electron chi connectivity index (χ2n) is 7.11. The molecule has 3 unspecified atom stereocenters. The van der Waals surface area contributed by atoms with Gasteiger partial charge in [0, 0.05) is 43.8 Å². The summed E-state index contributed by atoms with van der Waals surface area (Å²) in [7, 11) is 0. The van der Waals surface area contributed by atoms with E-state index in [9.17, 15) is 9.18 Å². The van der Waals surface area contributed by atoms with Crippen LogP contribution in [-0.2, 0) is 4.79 Å². The van der Waals surface area contributed by atoms with Gasteiger partial charge in [-0.25, -0.2) is 9.82 Å². The monoisotopic (exact) mass is 332 g/mol. The van der Waals surface area contributed by atoms with Gasteiger partial charge < -0.3 is 9.80 Å². The highest BCUT2D eigenvalue weighted by Crippen LogP contribution is 2.32. The van der Waals surface area contributed by atoms with Crippen molar-refractivity contribution in [2.24, 2.45) is 5.92 Å². The number of halogens is 1. The molecule has 1 aromatic rings. The molecule has 2 saturated heterocycles. The maximum atomic E-state index is 13.1. The molecule has 5 nitrogen and oxygen atoms in total. The summed E-state index contributed by atoms with van der Waals surface area (Å²) in [4.78, 5) is 17.2. The van der Waals surface area contributed by atoms with Crippen LogP contribution in [-0.4, -0.2) is 49.1 Å². The van der Waals surface area contributed by atoms with Crippen molar-refractivity contribution in [1.29, 1.82) is 0 Å². The number of nitrogens with zero attached hydrogens (tertiary/aromatic N) is 2. The second-order valence-corrected chi connectivity index (χ2v) is 7.11. The van der Waals surface area contributed by atoms with Gasteiger partial charge in [0.2, 0.25) is 5.91 Å². The molecule has 130 valence electrons. The summed E-state index contributed by atoms with van der Waals surface area (Å²) in [6.45, 7) is 3.22. The fourth-order valence-corrected chi connectivity index (χ4v) is 4.36. The van der Waals surface area contributed by atoms with E-state index in [0.29, 0.717) is 12.0 Å². The van der Waals surface area contributed by atoms with Crippen LogP contribution in [0.5, 0.6) is 0 Å². The molecule has 0 aromatic heterocycles. The summed E-state index contributed by atoms with van der Waals surface area (Å²) >= 11 is 0. The number of anilines is 1. The zero-order chi connectivity index (χ0) is 16.5. The van der Waals surface area contributed by atoms with Gasteiger partial charge in [-0.2, -0.15) is 0 Å². The summed E-state index contributed by atoms with van der Waals surface area (Å²) in [6, 6.07) is 7.02. The number of amides is 1. The molecule has 3 atom stereocenters. The van der Waals surface area contributed by atoms with Gasteiger partial charge in [-0.3, -0.25) is 10.2 Å². The fraction of sp³-hybridized carbons (Fsp3) is 0.611. The van der Waals surface area contributed by atoms with Crippen molar-refractivity contribution in [3.05, 3.63) is 30.1 Å². The van der Waals surface area contributed by atoms with E-state index in [-0.39, 0.29) is 17.8 Å². The molecule has 1 saturated carbocycles. The third-order valence-electron chi connectivity index (χ3n) is 5.69. The minimum Gasteiger partial charge on any atom is -0.370 e.